The van der Waals surface area contributed by atoms with Gasteiger partial charge in [-0.25, -0.2) is 4.79 Å². The Kier molecular flexibility index (Phi) is 4.73. The van der Waals surface area contributed by atoms with Crippen LogP contribution in [0.3, 0.4) is 0 Å². The molecule has 20 heavy (non-hydrogen) atoms. The van der Waals surface area contributed by atoms with Crippen LogP contribution in [0, 0.1) is 0 Å². The van der Waals surface area contributed by atoms with Crippen LogP contribution in [-0.2, 0) is 4.79 Å². The van der Waals surface area contributed by atoms with E-state index in [1.165, 1.54) is 0 Å². The third-order valence-electron chi connectivity index (χ3n) is 1.97. The van der Waals surface area contributed by atoms with Crippen molar-refractivity contribution in [2.75, 3.05) is 13.1 Å². The molecule has 10 heteroatoms. The zero-order chi connectivity index (χ0) is 15.3. The van der Waals surface area contributed by atoms with Crippen molar-refractivity contribution in [1.29, 1.82) is 0 Å². The van der Waals surface area contributed by atoms with E-state index in [2.05, 4.69) is 4.42 Å². The quantitative estimate of drug-likeness (QED) is 0.727. The topological polar surface area (TPSA) is 109 Å². The van der Waals surface area contributed by atoms with Crippen LogP contribution in [0.4, 0.5) is 13.2 Å². The number of carboxylic acids is 1. The van der Waals surface area contributed by atoms with Gasteiger partial charge in [-0.15, -0.1) is 0 Å². The van der Waals surface area contributed by atoms with Gasteiger partial charge in [-0.3, -0.25) is 9.59 Å². The minimum absolute atomic E-state index is 0.267. The second kappa shape index (κ2) is 6.08. The van der Waals surface area contributed by atoms with E-state index in [-0.39, 0.29) is 11.3 Å². The lowest BCUT2D eigenvalue weighted by Crippen LogP contribution is -2.40. The Bertz CT molecular complexity index is 523. The average molecular weight is 294 g/mol. The fraction of sp³-hybridized carbons (Fsp3) is 0.300. The molecule has 0 aliphatic heterocycles. The normalized spacial score (nSPS) is 10.9. The number of carbonyl (C=O) groups excluding carboxylic acids is 2. The van der Waals surface area contributed by atoms with Gasteiger partial charge in [0.15, 0.2) is 5.76 Å². The molecule has 0 spiro atoms. The van der Waals surface area contributed by atoms with Crippen LogP contribution >= 0.6 is 0 Å². The molecule has 110 valence electrons. The number of alkyl halides is 3. The number of hydrogen-bond donors (Lipinski definition) is 3. The van der Waals surface area contributed by atoms with Gasteiger partial charge in [0.1, 0.15) is 12.8 Å². The van der Waals surface area contributed by atoms with Gasteiger partial charge >= 0.3 is 12.1 Å². The lowest BCUT2D eigenvalue weighted by molar-refractivity contribution is -0.137. The van der Waals surface area contributed by atoms with Crippen LogP contribution in [0.25, 0.3) is 0 Å². The Morgan fingerprint density at radius 1 is 1.25 bits per heavy atom. The summed E-state index contributed by atoms with van der Waals surface area (Å²) in [5.41, 5.74) is -0.267. The van der Waals surface area contributed by atoms with Gasteiger partial charge in [0.25, 0.3) is 5.91 Å². The van der Waals surface area contributed by atoms with Crippen LogP contribution in [0.5, 0.6) is 0 Å². The summed E-state index contributed by atoms with van der Waals surface area (Å²) in [6.45, 7) is -2.20. The zero-order valence-electron chi connectivity index (χ0n) is 9.78. The molecule has 0 saturated carbocycles. The molecule has 1 rings (SSSR count). The molecule has 0 bridgehead atoms. The highest BCUT2D eigenvalue weighted by Gasteiger charge is 2.27. The minimum atomic E-state index is -4.54. The first-order valence-corrected chi connectivity index (χ1v) is 5.12. The van der Waals surface area contributed by atoms with E-state index in [0.717, 1.165) is 12.3 Å². The molecule has 0 radical (unpaired) electrons. The number of amides is 2. The second-order valence-electron chi connectivity index (χ2n) is 3.58. The molecule has 0 aliphatic carbocycles. The molecular weight excluding hydrogens is 285 g/mol. The maximum absolute atomic E-state index is 11.8. The summed E-state index contributed by atoms with van der Waals surface area (Å²) in [6, 6.07) is 0.922. The van der Waals surface area contributed by atoms with E-state index >= 15 is 0 Å². The Balaban J connectivity index is 2.42. The highest BCUT2D eigenvalue weighted by Crippen LogP contribution is 2.12. The molecule has 3 N–H and O–H groups in total. The van der Waals surface area contributed by atoms with Gasteiger partial charge in [-0.05, 0) is 0 Å². The lowest BCUT2D eigenvalue weighted by Gasteiger charge is -2.08. The molecular formula is C10H9F3N2O5. The van der Waals surface area contributed by atoms with Crippen molar-refractivity contribution in [2.24, 2.45) is 0 Å². The van der Waals surface area contributed by atoms with Crippen molar-refractivity contribution in [3.05, 3.63) is 23.7 Å². The SMILES string of the molecule is O=C(CNC(=O)c1cc(C(=O)O)co1)NCC(F)(F)F. The maximum Gasteiger partial charge on any atom is 0.405 e. The monoisotopic (exact) mass is 294 g/mol. The number of hydrogen-bond acceptors (Lipinski definition) is 4. The molecule has 1 heterocycles. The summed E-state index contributed by atoms with van der Waals surface area (Å²) < 4.78 is 40.0. The molecule has 1 aromatic heterocycles. The smallest absolute Gasteiger partial charge is 0.405 e. The molecule has 2 amide bonds. The number of carboxylic acid groups (broad SMARTS) is 1. The first-order chi connectivity index (χ1) is 9.19. The maximum atomic E-state index is 11.8. The Morgan fingerprint density at radius 3 is 2.40 bits per heavy atom. The van der Waals surface area contributed by atoms with E-state index in [0.29, 0.717) is 0 Å². The largest absolute Gasteiger partial charge is 0.478 e. The van der Waals surface area contributed by atoms with Crippen molar-refractivity contribution in [2.45, 2.75) is 6.18 Å². The first-order valence-electron chi connectivity index (χ1n) is 5.12. The molecule has 0 unspecified atom stereocenters. The number of furan rings is 1. The molecule has 7 nitrogen and oxygen atoms in total. The summed E-state index contributed by atoms with van der Waals surface area (Å²) in [6.07, 6.45) is -3.72. The molecule has 1 aromatic rings. The summed E-state index contributed by atoms with van der Waals surface area (Å²) in [4.78, 5) is 32.9. The summed E-state index contributed by atoms with van der Waals surface area (Å²) in [5.74, 6) is -3.64. The van der Waals surface area contributed by atoms with Crippen molar-refractivity contribution in [3.8, 4) is 0 Å². The van der Waals surface area contributed by atoms with Crippen molar-refractivity contribution in [1.82, 2.24) is 10.6 Å². The van der Waals surface area contributed by atoms with Crippen molar-refractivity contribution >= 4 is 17.8 Å². The standard InChI is InChI=1S/C10H9F3N2O5/c11-10(12,13)4-15-7(16)2-14-8(17)6-1-5(3-20-6)9(18)19/h1,3H,2,4H2,(H,14,17)(H,15,16)(H,18,19). The van der Waals surface area contributed by atoms with Gasteiger partial charge in [0, 0.05) is 6.07 Å². The Morgan fingerprint density at radius 2 is 1.90 bits per heavy atom. The van der Waals surface area contributed by atoms with Crippen LogP contribution in [0.2, 0.25) is 0 Å². The van der Waals surface area contributed by atoms with Gasteiger partial charge < -0.3 is 20.2 Å². The summed E-state index contributed by atoms with van der Waals surface area (Å²) >= 11 is 0. The Hall–Kier alpha value is -2.52. The van der Waals surface area contributed by atoms with E-state index in [9.17, 15) is 27.6 Å². The van der Waals surface area contributed by atoms with E-state index in [4.69, 9.17) is 5.11 Å². The highest BCUT2D eigenvalue weighted by molar-refractivity contribution is 5.97. The molecule has 0 saturated heterocycles. The van der Waals surface area contributed by atoms with Crippen LogP contribution in [0.1, 0.15) is 20.9 Å². The van der Waals surface area contributed by atoms with Gasteiger partial charge in [0.2, 0.25) is 5.91 Å². The molecule has 0 aliphatic rings. The third-order valence-corrected chi connectivity index (χ3v) is 1.97. The molecule has 0 fully saturated rings. The average Bonchev–Trinajstić information content (AvgIpc) is 2.82. The zero-order valence-corrected chi connectivity index (χ0v) is 9.78. The summed E-state index contributed by atoms with van der Waals surface area (Å²) in [7, 11) is 0. The summed E-state index contributed by atoms with van der Waals surface area (Å²) in [5, 5.41) is 12.1. The molecule has 0 atom stereocenters. The third kappa shape index (κ3) is 5.00. The van der Waals surface area contributed by atoms with Crippen LogP contribution < -0.4 is 10.6 Å². The predicted molar refractivity (Wildman–Crippen MR) is 57.1 cm³/mol. The number of rotatable bonds is 5. The van der Waals surface area contributed by atoms with Crippen LogP contribution in [0.15, 0.2) is 16.7 Å². The number of halogens is 3. The van der Waals surface area contributed by atoms with E-state index < -0.39 is 37.0 Å². The fourth-order valence-electron chi connectivity index (χ4n) is 1.08. The fourth-order valence-corrected chi connectivity index (χ4v) is 1.08. The predicted octanol–water partition coefficient (Wildman–Crippen LogP) is 0.386. The number of nitrogens with one attached hydrogen (secondary N) is 2. The number of carbonyl (C=O) groups is 3. The van der Waals surface area contributed by atoms with Crippen LogP contribution in [-0.4, -0.2) is 42.2 Å². The first kappa shape index (κ1) is 15.5. The minimum Gasteiger partial charge on any atom is -0.478 e. The van der Waals surface area contributed by atoms with Gasteiger partial charge in [0.05, 0.1) is 12.1 Å². The Labute approximate surface area is 109 Å². The lowest BCUT2D eigenvalue weighted by atomic mass is 10.3. The van der Waals surface area contributed by atoms with Crippen molar-refractivity contribution in [3.63, 3.8) is 0 Å². The molecule has 0 aromatic carbocycles. The number of aromatic carboxylic acids is 1. The van der Waals surface area contributed by atoms with E-state index in [1.807, 2.05) is 5.32 Å². The highest BCUT2D eigenvalue weighted by atomic mass is 19.4. The van der Waals surface area contributed by atoms with Gasteiger partial charge in [-0.2, -0.15) is 13.2 Å². The van der Waals surface area contributed by atoms with Crippen molar-refractivity contribution < 1.29 is 37.1 Å². The second-order valence-corrected chi connectivity index (χ2v) is 3.58. The van der Waals surface area contributed by atoms with Gasteiger partial charge in [-0.1, -0.05) is 0 Å². The van der Waals surface area contributed by atoms with E-state index in [1.54, 1.807) is 5.32 Å².